The molecule has 0 aliphatic carbocycles. The van der Waals surface area contributed by atoms with Gasteiger partial charge in [0.1, 0.15) is 5.01 Å². The van der Waals surface area contributed by atoms with Crippen molar-refractivity contribution in [3.63, 3.8) is 0 Å². The van der Waals surface area contributed by atoms with Gasteiger partial charge >= 0.3 is 0 Å². The third-order valence-corrected chi connectivity index (χ3v) is 4.43. The molecule has 0 aromatic carbocycles. The zero-order valence-corrected chi connectivity index (χ0v) is 13.6. The molecule has 0 radical (unpaired) electrons. The Bertz CT molecular complexity index is 444. The Kier molecular flexibility index (Phi) is 5.16. The highest BCUT2D eigenvalue weighted by Crippen LogP contribution is 2.23. The van der Waals surface area contributed by atoms with E-state index in [4.69, 9.17) is 0 Å². The van der Waals surface area contributed by atoms with Crippen LogP contribution in [0.5, 0.6) is 0 Å². The largest absolute Gasteiger partial charge is 0.342 e. The number of rotatable bonds is 4. The van der Waals surface area contributed by atoms with Crippen LogP contribution in [0, 0.1) is 0 Å². The average molecular weight is 295 g/mol. The van der Waals surface area contributed by atoms with Gasteiger partial charge in [0, 0.05) is 30.4 Å². The summed E-state index contributed by atoms with van der Waals surface area (Å²) in [5.41, 5.74) is 1.22. The second kappa shape index (κ2) is 6.68. The summed E-state index contributed by atoms with van der Waals surface area (Å²) in [5, 5.41) is 6.39. The molecule has 1 amide bonds. The molecule has 1 fully saturated rings. The first kappa shape index (κ1) is 15.4. The summed E-state index contributed by atoms with van der Waals surface area (Å²) < 4.78 is 0. The molecule has 1 aliphatic rings. The van der Waals surface area contributed by atoms with Crippen LogP contribution in [0.4, 0.5) is 0 Å². The molecule has 1 aromatic rings. The van der Waals surface area contributed by atoms with E-state index in [0.29, 0.717) is 13.1 Å². The van der Waals surface area contributed by atoms with Gasteiger partial charge in [0.25, 0.3) is 0 Å². The van der Waals surface area contributed by atoms with Gasteiger partial charge in [-0.25, -0.2) is 4.98 Å². The first-order valence-corrected chi connectivity index (χ1v) is 8.28. The van der Waals surface area contributed by atoms with Gasteiger partial charge in [0.15, 0.2) is 0 Å². The number of nitrogens with zero attached hydrogens (tertiary/aromatic N) is 2. The number of likely N-dealkylation sites (tertiary alicyclic amines) is 1. The Morgan fingerprint density at radius 3 is 2.65 bits per heavy atom. The molecular formula is C15H25N3OS. The van der Waals surface area contributed by atoms with E-state index >= 15 is 0 Å². The Morgan fingerprint density at radius 2 is 2.05 bits per heavy atom. The summed E-state index contributed by atoms with van der Waals surface area (Å²) in [6.45, 7) is 9.44. The number of thiazole rings is 1. The minimum Gasteiger partial charge on any atom is -0.342 e. The van der Waals surface area contributed by atoms with E-state index in [9.17, 15) is 4.79 Å². The Balaban J connectivity index is 1.75. The fraction of sp³-hybridized carbons (Fsp3) is 0.733. The average Bonchev–Trinajstić information content (AvgIpc) is 2.88. The molecule has 20 heavy (non-hydrogen) atoms. The molecule has 5 heteroatoms. The van der Waals surface area contributed by atoms with Crippen molar-refractivity contribution in [3.05, 3.63) is 16.1 Å². The normalized spacial score (nSPS) is 16.4. The highest BCUT2D eigenvalue weighted by Gasteiger charge is 2.18. The maximum absolute atomic E-state index is 12.0. The lowest BCUT2D eigenvalue weighted by Crippen LogP contribution is -2.40. The van der Waals surface area contributed by atoms with Crippen molar-refractivity contribution in [3.8, 4) is 0 Å². The summed E-state index contributed by atoms with van der Waals surface area (Å²) in [5.74, 6) is 0.220. The number of hydrogen-bond acceptors (Lipinski definition) is 4. The van der Waals surface area contributed by atoms with Crippen molar-refractivity contribution in [2.24, 2.45) is 0 Å². The first-order chi connectivity index (χ1) is 9.47. The van der Waals surface area contributed by atoms with Crippen LogP contribution in [0.2, 0.25) is 0 Å². The third-order valence-electron chi connectivity index (χ3n) is 3.58. The lowest BCUT2D eigenvalue weighted by atomic mass is 9.93. The molecule has 0 bridgehead atoms. The van der Waals surface area contributed by atoms with E-state index in [1.54, 1.807) is 11.3 Å². The van der Waals surface area contributed by atoms with Crippen molar-refractivity contribution in [1.29, 1.82) is 0 Å². The molecule has 0 unspecified atom stereocenters. The number of aromatic nitrogens is 1. The number of carbonyl (C=O) groups excluding carboxylic acids is 1. The minimum atomic E-state index is 0.0956. The van der Waals surface area contributed by atoms with Crippen molar-refractivity contribution in [2.75, 3.05) is 19.6 Å². The van der Waals surface area contributed by atoms with Crippen LogP contribution in [0.1, 0.15) is 50.7 Å². The van der Waals surface area contributed by atoms with Crippen molar-refractivity contribution in [1.82, 2.24) is 15.2 Å². The molecule has 2 heterocycles. The molecule has 0 saturated carbocycles. The number of hydrogen-bond donors (Lipinski definition) is 1. The zero-order valence-electron chi connectivity index (χ0n) is 12.7. The smallest absolute Gasteiger partial charge is 0.236 e. The van der Waals surface area contributed by atoms with Crippen LogP contribution in [0.25, 0.3) is 0 Å². The predicted octanol–water partition coefficient (Wildman–Crippen LogP) is 2.54. The molecule has 1 N–H and O–H groups in total. The zero-order chi connectivity index (χ0) is 14.6. The molecule has 1 saturated heterocycles. The summed E-state index contributed by atoms with van der Waals surface area (Å²) >= 11 is 1.67. The molecule has 0 atom stereocenters. The van der Waals surface area contributed by atoms with Gasteiger partial charge in [-0.2, -0.15) is 0 Å². The van der Waals surface area contributed by atoms with Gasteiger partial charge < -0.3 is 10.2 Å². The van der Waals surface area contributed by atoms with Gasteiger partial charge in [-0.05, 0) is 19.3 Å². The topological polar surface area (TPSA) is 45.2 Å². The second-order valence-corrected chi connectivity index (χ2v) is 7.36. The molecule has 2 rings (SSSR count). The van der Waals surface area contributed by atoms with Crippen LogP contribution in [-0.2, 0) is 16.8 Å². The summed E-state index contributed by atoms with van der Waals surface area (Å²) in [6.07, 6.45) is 3.55. The predicted molar refractivity (Wildman–Crippen MR) is 83.0 cm³/mol. The van der Waals surface area contributed by atoms with Crippen LogP contribution in [-0.4, -0.2) is 35.4 Å². The lowest BCUT2D eigenvalue weighted by Gasteiger charge is -2.26. The van der Waals surface area contributed by atoms with E-state index < -0.39 is 0 Å². The van der Waals surface area contributed by atoms with Crippen LogP contribution < -0.4 is 5.32 Å². The Morgan fingerprint density at radius 1 is 1.35 bits per heavy atom. The minimum absolute atomic E-state index is 0.0956. The molecule has 1 aromatic heterocycles. The highest BCUT2D eigenvalue weighted by atomic mass is 32.1. The van der Waals surface area contributed by atoms with Crippen molar-refractivity contribution < 1.29 is 4.79 Å². The Labute approximate surface area is 125 Å². The second-order valence-electron chi connectivity index (χ2n) is 6.42. The van der Waals surface area contributed by atoms with Crippen LogP contribution >= 0.6 is 11.3 Å². The van der Waals surface area contributed by atoms with E-state index in [1.165, 1.54) is 6.42 Å². The van der Waals surface area contributed by atoms with Crippen molar-refractivity contribution in [2.45, 2.75) is 52.0 Å². The van der Waals surface area contributed by atoms with Crippen molar-refractivity contribution >= 4 is 17.2 Å². The van der Waals surface area contributed by atoms with E-state index in [1.807, 2.05) is 4.90 Å². The maximum atomic E-state index is 12.0. The number of piperidine rings is 1. The van der Waals surface area contributed by atoms with Gasteiger partial charge in [-0.3, -0.25) is 4.79 Å². The quantitative estimate of drug-likeness (QED) is 0.928. The van der Waals surface area contributed by atoms with Gasteiger partial charge in [-0.15, -0.1) is 11.3 Å². The first-order valence-electron chi connectivity index (χ1n) is 7.40. The lowest BCUT2D eigenvalue weighted by molar-refractivity contribution is -0.131. The molecule has 1 aliphatic heterocycles. The number of carbonyl (C=O) groups is 1. The third kappa shape index (κ3) is 4.28. The molecule has 0 spiro atoms. The van der Waals surface area contributed by atoms with Gasteiger partial charge in [-0.1, -0.05) is 20.8 Å². The molecular weight excluding hydrogens is 270 g/mol. The number of nitrogens with one attached hydrogen (secondary N) is 1. The van der Waals surface area contributed by atoms with Crippen LogP contribution in [0.3, 0.4) is 0 Å². The standard InChI is InChI=1S/C15H25N3OS/c1-15(2,3)12-11-20-13(17-12)9-16-10-14(19)18-7-5-4-6-8-18/h11,16H,4-10H2,1-3H3. The van der Waals surface area contributed by atoms with E-state index in [-0.39, 0.29) is 11.3 Å². The van der Waals surface area contributed by atoms with E-state index in [0.717, 1.165) is 36.6 Å². The van der Waals surface area contributed by atoms with Crippen LogP contribution in [0.15, 0.2) is 5.38 Å². The summed E-state index contributed by atoms with van der Waals surface area (Å²) in [7, 11) is 0. The summed E-state index contributed by atoms with van der Waals surface area (Å²) in [4.78, 5) is 18.6. The SMILES string of the molecule is CC(C)(C)c1csc(CNCC(=O)N2CCCCC2)n1. The highest BCUT2D eigenvalue weighted by molar-refractivity contribution is 7.09. The Hall–Kier alpha value is -0.940. The monoisotopic (exact) mass is 295 g/mol. The maximum Gasteiger partial charge on any atom is 0.236 e. The van der Waals surface area contributed by atoms with Gasteiger partial charge in [0.05, 0.1) is 12.2 Å². The number of amides is 1. The fourth-order valence-electron chi connectivity index (χ4n) is 2.27. The van der Waals surface area contributed by atoms with Gasteiger partial charge in [0.2, 0.25) is 5.91 Å². The fourth-order valence-corrected chi connectivity index (χ4v) is 3.26. The molecule has 4 nitrogen and oxygen atoms in total. The molecule has 112 valence electrons. The van der Waals surface area contributed by atoms with E-state index in [2.05, 4.69) is 36.5 Å². The summed E-state index contributed by atoms with van der Waals surface area (Å²) in [6, 6.07) is 0.